The molecule has 0 saturated heterocycles. The van der Waals surface area contributed by atoms with Crippen LogP contribution in [0, 0.1) is 0 Å². The molecule has 7 aromatic rings. The van der Waals surface area contributed by atoms with Gasteiger partial charge in [0.25, 0.3) is 0 Å². The number of amidine groups is 2. The molecule has 1 unspecified atom stereocenters. The number of nitrogens with one attached hydrogen (secondary N) is 2. The second-order valence-corrected chi connectivity index (χ2v) is 10.7. The Kier molecular flexibility index (Phi) is 4.92. The Bertz CT molecular complexity index is 2290. The number of benzene rings is 5. The van der Waals surface area contributed by atoms with Crippen LogP contribution in [-0.4, -0.2) is 11.7 Å². The van der Waals surface area contributed by atoms with Crippen LogP contribution in [0.4, 0.5) is 0 Å². The Morgan fingerprint density at radius 2 is 1.55 bits per heavy atom. The summed E-state index contributed by atoms with van der Waals surface area (Å²) in [6.45, 7) is 0.782. The molecule has 2 aliphatic heterocycles. The molecule has 0 spiro atoms. The Labute approximate surface area is 240 Å². The highest BCUT2D eigenvalue weighted by atomic mass is 16.3. The lowest BCUT2D eigenvalue weighted by atomic mass is 9.99. The second-order valence-electron chi connectivity index (χ2n) is 10.7. The molecule has 0 amide bonds. The molecule has 2 aliphatic rings. The summed E-state index contributed by atoms with van der Waals surface area (Å²) in [5.74, 6) is 1.41. The van der Waals surface area contributed by atoms with Gasteiger partial charge in [-0.1, -0.05) is 78.9 Å². The van der Waals surface area contributed by atoms with E-state index in [4.69, 9.17) is 18.8 Å². The molecule has 42 heavy (non-hydrogen) atoms. The van der Waals surface area contributed by atoms with E-state index in [1.54, 1.807) is 0 Å². The van der Waals surface area contributed by atoms with Crippen LogP contribution < -0.4 is 10.6 Å². The third-order valence-corrected chi connectivity index (χ3v) is 8.19. The summed E-state index contributed by atoms with van der Waals surface area (Å²) in [6.07, 6.45) is 3.66. The van der Waals surface area contributed by atoms with E-state index in [0.29, 0.717) is 5.84 Å². The topological polar surface area (TPSA) is 75.1 Å². The second kappa shape index (κ2) is 8.94. The smallest absolute Gasteiger partial charge is 0.159 e. The van der Waals surface area contributed by atoms with E-state index in [0.717, 1.165) is 72.9 Å². The van der Waals surface area contributed by atoms with Crippen LogP contribution in [0.25, 0.3) is 50.0 Å². The Balaban J connectivity index is 1.25. The lowest BCUT2D eigenvalue weighted by molar-refractivity contribution is 0.628. The molecule has 1 atom stereocenters. The Morgan fingerprint density at radius 3 is 2.50 bits per heavy atom. The first-order valence-electron chi connectivity index (χ1n) is 14.1. The van der Waals surface area contributed by atoms with Crippen LogP contribution in [0.5, 0.6) is 0 Å². The monoisotopic (exact) mass is 544 g/mol. The molecule has 0 bridgehead atoms. The molecule has 0 radical (unpaired) electrons. The van der Waals surface area contributed by atoms with Crippen molar-refractivity contribution in [2.24, 2.45) is 9.98 Å². The first-order chi connectivity index (χ1) is 20.8. The first-order valence-corrected chi connectivity index (χ1v) is 14.1. The first kappa shape index (κ1) is 23.1. The van der Waals surface area contributed by atoms with Gasteiger partial charge in [0.15, 0.2) is 12.0 Å². The van der Waals surface area contributed by atoms with Gasteiger partial charge in [0, 0.05) is 44.8 Å². The van der Waals surface area contributed by atoms with Gasteiger partial charge < -0.3 is 19.5 Å². The summed E-state index contributed by atoms with van der Waals surface area (Å²) in [4.78, 5) is 10.2. The maximum Gasteiger partial charge on any atom is 0.159 e. The number of hydrogen-bond acceptors (Lipinski definition) is 6. The predicted octanol–water partition coefficient (Wildman–Crippen LogP) is 8.05. The zero-order valence-electron chi connectivity index (χ0n) is 22.5. The SMILES string of the molecule is C1=Cc2cc3oc4cccc(C5=NC(c6ccccc6)=NC(c6cccc7c6oc6ccccc67)N5)c4c3cc2CN1. The fourth-order valence-electron chi connectivity index (χ4n) is 6.20. The van der Waals surface area contributed by atoms with Crippen molar-refractivity contribution in [1.29, 1.82) is 0 Å². The highest BCUT2D eigenvalue weighted by Gasteiger charge is 2.26. The number of aliphatic imine (C=N–C) groups is 2. The molecule has 6 nitrogen and oxygen atoms in total. The lowest BCUT2D eigenvalue weighted by Crippen LogP contribution is -2.33. The molecule has 4 heterocycles. The summed E-state index contributed by atoms with van der Waals surface area (Å²) in [5.41, 5.74) is 8.66. The van der Waals surface area contributed by atoms with Gasteiger partial charge in [0.2, 0.25) is 0 Å². The summed E-state index contributed by atoms with van der Waals surface area (Å²) in [5, 5.41) is 11.3. The van der Waals surface area contributed by atoms with Crippen LogP contribution in [0.3, 0.4) is 0 Å². The predicted molar refractivity (Wildman–Crippen MR) is 169 cm³/mol. The van der Waals surface area contributed by atoms with Crippen molar-refractivity contribution in [2.75, 3.05) is 0 Å². The van der Waals surface area contributed by atoms with E-state index in [1.165, 1.54) is 11.1 Å². The van der Waals surface area contributed by atoms with Crippen molar-refractivity contribution in [3.63, 3.8) is 0 Å². The molecule has 9 rings (SSSR count). The van der Waals surface area contributed by atoms with Crippen LogP contribution >= 0.6 is 0 Å². The van der Waals surface area contributed by atoms with Crippen molar-refractivity contribution in [2.45, 2.75) is 12.7 Å². The number of rotatable bonds is 3. The van der Waals surface area contributed by atoms with E-state index in [-0.39, 0.29) is 0 Å². The van der Waals surface area contributed by atoms with Gasteiger partial charge in [-0.05, 0) is 47.7 Å². The van der Waals surface area contributed by atoms with Crippen LogP contribution in [-0.2, 0) is 6.54 Å². The molecular weight excluding hydrogens is 520 g/mol. The normalized spacial score (nSPS) is 16.3. The third kappa shape index (κ3) is 3.52. The number of furan rings is 2. The molecule has 200 valence electrons. The van der Waals surface area contributed by atoms with E-state index in [2.05, 4.69) is 59.2 Å². The zero-order chi connectivity index (χ0) is 27.6. The van der Waals surface area contributed by atoms with Gasteiger partial charge in [0.05, 0.1) is 0 Å². The quantitative estimate of drug-likeness (QED) is 0.236. The third-order valence-electron chi connectivity index (χ3n) is 8.19. The minimum absolute atomic E-state index is 0.410. The van der Waals surface area contributed by atoms with Gasteiger partial charge >= 0.3 is 0 Å². The summed E-state index contributed by atoms with van der Waals surface area (Å²) in [7, 11) is 0. The van der Waals surface area contributed by atoms with Gasteiger partial charge in [-0.2, -0.15) is 0 Å². The molecule has 0 aliphatic carbocycles. The van der Waals surface area contributed by atoms with Gasteiger partial charge in [-0.25, -0.2) is 9.98 Å². The van der Waals surface area contributed by atoms with Gasteiger partial charge in [0.1, 0.15) is 28.2 Å². The van der Waals surface area contributed by atoms with E-state index in [1.807, 2.05) is 66.9 Å². The van der Waals surface area contributed by atoms with Crippen molar-refractivity contribution >= 4 is 61.6 Å². The molecule has 5 aromatic carbocycles. The highest BCUT2D eigenvalue weighted by molar-refractivity contribution is 6.22. The van der Waals surface area contributed by atoms with Crippen LogP contribution in [0.15, 0.2) is 128 Å². The van der Waals surface area contributed by atoms with Gasteiger partial charge in [-0.15, -0.1) is 0 Å². The molecule has 0 fully saturated rings. The molecule has 2 aromatic heterocycles. The fraction of sp³-hybridized carbons (Fsp3) is 0.0556. The number of fused-ring (bicyclic) bond motifs is 7. The largest absolute Gasteiger partial charge is 0.456 e. The Morgan fingerprint density at radius 1 is 0.714 bits per heavy atom. The standard InChI is InChI=1S/C36H24N4O2/c1-2-8-21(9-3-1)34-38-35(40-36(39-34)27-13-6-11-25-24-10-4-5-14-29(24)42-33(25)27)26-12-7-15-30-32(26)28-18-23-20-37-17-16-22(23)19-31(28)41-30/h1-19,36-37H,20H2,(H,38,39,40). The number of hydrogen-bond donors (Lipinski definition) is 2. The summed E-state index contributed by atoms with van der Waals surface area (Å²) < 4.78 is 12.8. The summed E-state index contributed by atoms with van der Waals surface area (Å²) in [6, 6.07) is 35.0. The maximum atomic E-state index is 6.41. The van der Waals surface area contributed by atoms with Crippen LogP contribution in [0.1, 0.15) is 34.0 Å². The average molecular weight is 545 g/mol. The molecular formula is C36H24N4O2. The van der Waals surface area contributed by atoms with E-state index in [9.17, 15) is 0 Å². The highest BCUT2D eigenvalue weighted by Crippen LogP contribution is 2.37. The Hall–Kier alpha value is -5.62. The lowest BCUT2D eigenvalue weighted by Gasteiger charge is -2.24. The van der Waals surface area contributed by atoms with Crippen LogP contribution in [0.2, 0.25) is 0 Å². The maximum absolute atomic E-state index is 6.41. The minimum Gasteiger partial charge on any atom is -0.456 e. The van der Waals surface area contributed by atoms with Gasteiger partial charge in [-0.3, -0.25) is 0 Å². The van der Waals surface area contributed by atoms with Crippen molar-refractivity contribution in [3.8, 4) is 0 Å². The van der Waals surface area contributed by atoms with E-state index >= 15 is 0 Å². The molecule has 6 heteroatoms. The van der Waals surface area contributed by atoms with E-state index < -0.39 is 6.17 Å². The van der Waals surface area contributed by atoms with Crippen molar-refractivity contribution in [3.05, 3.63) is 137 Å². The zero-order valence-corrected chi connectivity index (χ0v) is 22.5. The number of nitrogens with zero attached hydrogens (tertiary/aromatic N) is 2. The summed E-state index contributed by atoms with van der Waals surface area (Å²) >= 11 is 0. The van der Waals surface area contributed by atoms with Crippen molar-refractivity contribution in [1.82, 2.24) is 10.6 Å². The average Bonchev–Trinajstić information content (AvgIpc) is 3.62. The molecule has 0 saturated carbocycles. The van der Waals surface area contributed by atoms with Crippen molar-refractivity contribution < 1.29 is 8.83 Å². The fourth-order valence-corrected chi connectivity index (χ4v) is 6.20. The molecule has 2 N–H and O–H groups in total. The number of para-hydroxylation sites is 2. The minimum atomic E-state index is -0.410.